The fraction of sp³-hybridized carbons (Fsp3) is 0.0370. The van der Waals surface area contributed by atoms with E-state index in [9.17, 15) is 19.8 Å². The highest BCUT2D eigenvalue weighted by molar-refractivity contribution is 5.93. The molecule has 0 aromatic heterocycles. The number of carbonyl (C=O) groups is 2. The molecule has 0 unspecified atom stereocenters. The van der Waals surface area contributed by atoms with Crippen molar-refractivity contribution in [2.75, 3.05) is 0 Å². The highest BCUT2D eigenvalue weighted by Gasteiger charge is 2.51. The fourth-order valence-corrected chi connectivity index (χ4v) is 5.17. The lowest BCUT2D eigenvalue weighted by atomic mass is 9.65. The zero-order valence-electron chi connectivity index (χ0n) is 16.7. The van der Waals surface area contributed by atoms with E-state index in [4.69, 9.17) is 4.74 Å². The Morgan fingerprint density at radius 1 is 0.594 bits per heavy atom. The lowest BCUT2D eigenvalue weighted by molar-refractivity contribution is 0.0686. The highest BCUT2D eigenvalue weighted by atomic mass is 16.5. The summed E-state index contributed by atoms with van der Waals surface area (Å²) in [6.07, 6.45) is 0. The third-order valence-corrected chi connectivity index (χ3v) is 6.43. The Hall–Kier alpha value is -4.38. The molecule has 5 heteroatoms. The Labute approximate surface area is 183 Å². The second-order valence-electron chi connectivity index (χ2n) is 7.98. The van der Waals surface area contributed by atoms with Crippen LogP contribution < -0.4 is 4.74 Å². The molecule has 0 fully saturated rings. The van der Waals surface area contributed by atoms with E-state index in [1.807, 2.05) is 48.5 Å². The Balaban J connectivity index is 1.82. The van der Waals surface area contributed by atoms with Gasteiger partial charge >= 0.3 is 11.9 Å². The van der Waals surface area contributed by atoms with Crippen molar-refractivity contribution < 1.29 is 24.5 Å². The number of carboxylic acids is 2. The van der Waals surface area contributed by atoms with Crippen LogP contribution in [0.2, 0.25) is 0 Å². The van der Waals surface area contributed by atoms with Gasteiger partial charge in [0.25, 0.3) is 0 Å². The average Bonchev–Trinajstić information content (AvgIpc) is 3.10. The Morgan fingerprint density at radius 3 is 1.47 bits per heavy atom. The third kappa shape index (κ3) is 2.22. The molecule has 154 valence electrons. The topological polar surface area (TPSA) is 83.8 Å². The summed E-state index contributed by atoms with van der Waals surface area (Å²) in [6.45, 7) is 0. The number of ether oxygens (including phenoxy) is 1. The third-order valence-electron chi connectivity index (χ3n) is 6.43. The van der Waals surface area contributed by atoms with E-state index in [0.717, 1.165) is 22.3 Å². The van der Waals surface area contributed by atoms with Gasteiger partial charge in [-0.05, 0) is 58.7 Å². The first kappa shape index (κ1) is 18.4. The van der Waals surface area contributed by atoms with Crippen LogP contribution in [-0.4, -0.2) is 22.2 Å². The van der Waals surface area contributed by atoms with Gasteiger partial charge in [-0.2, -0.15) is 0 Å². The number of hydrogen-bond donors (Lipinski definition) is 2. The van der Waals surface area contributed by atoms with E-state index in [-0.39, 0.29) is 11.1 Å². The average molecular weight is 420 g/mol. The first-order chi connectivity index (χ1) is 15.5. The maximum Gasteiger partial charge on any atom is 0.335 e. The van der Waals surface area contributed by atoms with E-state index in [1.54, 1.807) is 24.3 Å². The van der Waals surface area contributed by atoms with Crippen LogP contribution in [0.3, 0.4) is 0 Å². The molecule has 0 saturated heterocycles. The van der Waals surface area contributed by atoms with Gasteiger partial charge in [0.15, 0.2) is 0 Å². The standard InChI is InChI=1S/C27H16O5/c28-25(29)15-9-11-23-21(13-15)27(22-14-16(26(30)31)10-12-24(22)32-23)19-7-3-1-5-17(19)18-6-2-4-8-20(18)27/h1-14H,(H,28,29)(H,30,31). The van der Waals surface area contributed by atoms with Gasteiger partial charge in [-0.25, -0.2) is 9.59 Å². The molecular formula is C27H16O5. The molecule has 1 heterocycles. The second kappa shape index (κ2) is 6.31. The predicted octanol–water partition coefficient (Wildman–Crippen LogP) is 5.55. The van der Waals surface area contributed by atoms with E-state index in [0.29, 0.717) is 22.6 Å². The number of hydrogen-bond acceptors (Lipinski definition) is 3. The van der Waals surface area contributed by atoms with Crippen molar-refractivity contribution in [1.82, 2.24) is 0 Å². The minimum Gasteiger partial charge on any atom is -0.478 e. The quantitative estimate of drug-likeness (QED) is 0.384. The molecule has 4 aromatic carbocycles. The van der Waals surface area contributed by atoms with E-state index in [1.165, 1.54) is 12.1 Å². The van der Waals surface area contributed by atoms with Crippen LogP contribution in [-0.2, 0) is 5.41 Å². The maximum atomic E-state index is 11.9. The van der Waals surface area contributed by atoms with E-state index >= 15 is 0 Å². The molecule has 0 atom stereocenters. The first-order valence-electron chi connectivity index (χ1n) is 10.1. The van der Waals surface area contributed by atoms with Gasteiger partial charge < -0.3 is 14.9 Å². The molecule has 32 heavy (non-hydrogen) atoms. The van der Waals surface area contributed by atoms with Crippen LogP contribution in [0.5, 0.6) is 11.5 Å². The number of carboxylic acid groups (broad SMARTS) is 2. The van der Waals surface area contributed by atoms with Crippen molar-refractivity contribution in [3.05, 3.63) is 118 Å². The van der Waals surface area contributed by atoms with Crippen molar-refractivity contribution in [1.29, 1.82) is 0 Å². The van der Waals surface area contributed by atoms with Crippen LogP contribution in [0.4, 0.5) is 0 Å². The van der Waals surface area contributed by atoms with Gasteiger partial charge in [0, 0.05) is 11.1 Å². The van der Waals surface area contributed by atoms with Crippen LogP contribution in [0, 0.1) is 0 Å². The lowest BCUT2D eigenvalue weighted by Gasteiger charge is -2.39. The molecule has 1 spiro atoms. The van der Waals surface area contributed by atoms with Crippen LogP contribution in [0.25, 0.3) is 11.1 Å². The molecule has 0 radical (unpaired) electrons. The summed E-state index contributed by atoms with van der Waals surface area (Å²) in [5.74, 6) is -0.964. The van der Waals surface area contributed by atoms with Crippen LogP contribution in [0.15, 0.2) is 84.9 Å². The molecule has 4 aromatic rings. The minimum atomic E-state index is -1.03. The Morgan fingerprint density at radius 2 is 1.03 bits per heavy atom. The number of fused-ring (bicyclic) bond motifs is 9. The molecule has 6 rings (SSSR count). The van der Waals surface area contributed by atoms with Crippen molar-refractivity contribution in [3.63, 3.8) is 0 Å². The maximum absolute atomic E-state index is 11.9. The SMILES string of the molecule is O=C(O)c1ccc2c(c1)C1(c3cc(C(=O)O)ccc3O2)c2ccccc2-c2ccccc21. The summed E-state index contributed by atoms with van der Waals surface area (Å²) in [5, 5.41) is 19.4. The molecule has 2 N–H and O–H groups in total. The summed E-state index contributed by atoms with van der Waals surface area (Å²) in [6, 6.07) is 25.7. The smallest absolute Gasteiger partial charge is 0.335 e. The van der Waals surface area contributed by atoms with E-state index in [2.05, 4.69) is 0 Å². The van der Waals surface area contributed by atoms with E-state index < -0.39 is 17.4 Å². The molecular weight excluding hydrogens is 404 g/mol. The Kier molecular flexibility index (Phi) is 3.63. The monoisotopic (exact) mass is 420 g/mol. The summed E-state index contributed by atoms with van der Waals surface area (Å²) in [7, 11) is 0. The minimum absolute atomic E-state index is 0.145. The molecule has 0 saturated carbocycles. The summed E-state index contributed by atoms with van der Waals surface area (Å²) >= 11 is 0. The zero-order chi connectivity index (χ0) is 22.0. The molecule has 0 amide bonds. The first-order valence-corrected chi connectivity index (χ1v) is 10.1. The number of benzene rings is 4. The van der Waals surface area contributed by atoms with Crippen molar-refractivity contribution in [2.24, 2.45) is 0 Å². The largest absolute Gasteiger partial charge is 0.478 e. The number of rotatable bonds is 2. The van der Waals surface area contributed by atoms with Crippen LogP contribution >= 0.6 is 0 Å². The van der Waals surface area contributed by atoms with Gasteiger partial charge in [0.05, 0.1) is 16.5 Å². The molecule has 2 aliphatic rings. The van der Waals surface area contributed by atoms with Gasteiger partial charge in [-0.15, -0.1) is 0 Å². The summed E-state index contributed by atoms with van der Waals surface area (Å²) < 4.78 is 6.18. The van der Waals surface area contributed by atoms with Crippen molar-refractivity contribution >= 4 is 11.9 Å². The normalized spacial score (nSPS) is 14.0. The number of aromatic carboxylic acids is 2. The molecule has 1 aliphatic carbocycles. The molecule has 5 nitrogen and oxygen atoms in total. The van der Waals surface area contributed by atoms with Crippen molar-refractivity contribution in [2.45, 2.75) is 5.41 Å². The second-order valence-corrected chi connectivity index (χ2v) is 7.98. The molecule has 0 bridgehead atoms. The van der Waals surface area contributed by atoms with Gasteiger partial charge in [-0.3, -0.25) is 0 Å². The Bertz CT molecular complexity index is 1360. The van der Waals surface area contributed by atoms with Gasteiger partial charge in [0.1, 0.15) is 11.5 Å². The van der Waals surface area contributed by atoms with Crippen LogP contribution in [0.1, 0.15) is 43.0 Å². The lowest BCUT2D eigenvalue weighted by Crippen LogP contribution is -2.32. The van der Waals surface area contributed by atoms with Gasteiger partial charge in [-0.1, -0.05) is 48.5 Å². The summed E-state index contributed by atoms with van der Waals surface area (Å²) in [4.78, 5) is 23.7. The highest BCUT2D eigenvalue weighted by Crippen LogP contribution is 2.62. The predicted molar refractivity (Wildman–Crippen MR) is 118 cm³/mol. The summed E-state index contributed by atoms with van der Waals surface area (Å²) in [5.41, 5.74) is 4.76. The van der Waals surface area contributed by atoms with Gasteiger partial charge in [0.2, 0.25) is 0 Å². The zero-order valence-corrected chi connectivity index (χ0v) is 16.7. The fourth-order valence-electron chi connectivity index (χ4n) is 5.17. The molecule has 1 aliphatic heterocycles. The van der Waals surface area contributed by atoms with Crippen molar-refractivity contribution in [3.8, 4) is 22.6 Å².